The molecule has 0 aliphatic carbocycles. The van der Waals surface area contributed by atoms with Crippen LogP contribution in [0.25, 0.3) is 0 Å². The van der Waals surface area contributed by atoms with Gasteiger partial charge in [-0.1, -0.05) is 6.92 Å². The number of carbonyl (C=O) groups excluding carboxylic acids is 1. The molecule has 1 saturated heterocycles. The Bertz CT molecular complexity index is 687. The molecule has 1 aliphatic rings. The highest BCUT2D eigenvalue weighted by Gasteiger charge is 2.21. The number of ether oxygens (including phenoxy) is 1. The van der Waals surface area contributed by atoms with Gasteiger partial charge in [-0.3, -0.25) is 4.79 Å². The number of hydrogen-bond donors (Lipinski definition) is 3. The number of amides is 1. The van der Waals surface area contributed by atoms with Crippen molar-refractivity contribution >= 4 is 21.6 Å². The normalized spacial score (nSPS) is 15.2. The number of rotatable bonds is 8. The van der Waals surface area contributed by atoms with Crippen LogP contribution >= 0.6 is 0 Å². The zero-order chi connectivity index (χ0) is 18.3. The minimum atomic E-state index is -3.87. The molecular formula is C16H26N4O4S. The highest BCUT2D eigenvalue weighted by atomic mass is 32.2. The predicted molar refractivity (Wildman–Crippen MR) is 96.3 cm³/mol. The third kappa shape index (κ3) is 5.67. The average molecular weight is 370 g/mol. The van der Waals surface area contributed by atoms with E-state index < -0.39 is 10.0 Å². The second kappa shape index (κ2) is 9.14. The van der Waals surface area contributed by atoms with E-state index in [2.05, 4.69) is 17.6 Å². The molecular weight excluding hydrogens is 344 g/mol. The molecule has 0 aromatic heterocycles. The summed E-state index contributed by atoms with van der Waals surface area (Å²) in [5, 5.41) is 11.2. The fourth-order valence-corrected chi connectivity index (χ4v) is 3.16. The first-order valence-electron chi connectivity index (χ1n) is 8.42. The van der Waals surface area contributed by atoms with Crippen LogP contribution < -0.4 is 20.7 Å². The van der Waals surface area contributed by atoms with Crippen LogP contribution in [0.4, 0.5) is 5.69 Å². The standard InChI is InChI=1S/C16H26N4O4S/c1-2-5-18-6-7-19-16(21)14-12-13(25(17,22)23)3-4-15(14)20-8-10-24-11-9-20/h3-4,12,18H,2,5-11H2,1H3,(H,19,21)(H2,17,22,23). The number of nitrogens with one attached hydrogen (secondary N) is 2. The van der Waals surface area contributed by atoms with E-state index in [1.54, 1.807) is 6.07 Å². The lowest BCUT2D eigenvalue weighted by Gasteiger charge is -2.30. The minimum absolute atomic E-state index is 0.0706. The molecule has 9 heteroatoms. The second-order valence-corrected chi connectivity index (χ2v) is 7.39. The largest absolute Gasteiger partial charge is 0.378 e. The Kier molecular flexibility index (Phi) is 7.18. The number of benzene rings is 1. The Morgan fingerprint density at radius 1 is 1.24 bits per heavy atom. The van der Waals surface area contributed by atoms with Crippen molar-refractivity contribution in [3.05, 3.63) is 23.8 Å². The predicted octanol–water partition coefficient (Wildman–Crippen LogP) is -0.1000. The van der Waals surface area contributed by atoms with Gasteiger partial charge in [0.2, 0.25) is 10.0 Å². The molecule has 1 fully saturated rings. The molecule has 1 aromatic rings. The molecule has 0 bridgehead atoms. The summed E-state index contributed by atoms with van der Waals surface area (Å²) in [6, 6.07) is 4.41. The molecule has 0 unspecified atom stereocenters. The Labute approximate surface area is 148 Å². The van der Waals surface area contributed by atoms with Crippen molar-refractivity contribution in [3.63, 3.8) is 0 Å². The lowest BCUT2D eigenvalue weighted by molar-refractivity contribution is 0.0952. The molecule has 0 atom stereocenters. The maximum absolute atomic E-state index is 12.6. The van der Waals surface area contributed by atoms with Crippen LogP contribution in [0.5, 0.6) is 0 Å². The van der Waals surface area contributed by atoms with Crippen molar-refractivity contribution in [2.45, 2.75) is 18.2 Å². The zero-order valence-electron chi connectivity index (χ0n) is 14.5. The van der Waals surface area contributed by atoms with Gasteiger partial charge in [0.05, 0.1) is 23.7 Å². The van der Waals surface area contributed by atoms with E-state index in [9.17, 15) is 13.2 Å². The molecule has 1 amide bonds. The number of nitrogens with two attached hydrogens (primary N) is 1. The number of primary sulfonamides is 1. The molecule has 0 saturated carbocycles. The van der Waals surface area contributed by atoms with E-state index in [0.29, 0.717) is 50.6 Å². The summed E-state index contributed by atoms with van der Waals surface area (Å²) >= 11 is 0. The van der Waals surface area contributed by atoms with E-state index in [1.807, 2.05) is 4.90 Å². The summed E-state index contributed by atoms with van der Waals surface area (Å²) < 4.78 is 28.6. The van der Waals surface area contributed by atoms with Crippen LogP contribution in [0, 0.1) is 0 Å². The summed E-state index contributed by atoms with van der Waals surface area (Å²) in [6.07, 6.45) is 1.02. The Morgan fingerprint density at radius 2 is 1.96 bits per heavy atom. The summed E-state index contributed by atoms with van der Waals surface area (Å²) in [4.78, 5) is 14.5. The first-order valence-corrected chi connectivity index (χ1v) is 9.96. The lowest BCUT2D eigenvalue weighted by atomic mass is 10.1. The number of carbonyl (C=O) groups is 1. The van der Waals surface area contributed by atoms with Crippen LogP contribution in [0.2, 0.25) is 0 Å². The third-order valence-corrected chi connectivity index (χ3v) is 4.82. The number of nitrogens with zero attached hydrogens (tertiary/aromatic N) is 1. The van der Waals surface area contributed by atoms with Crippen molar-refractivity contribution in [1.29, 1.82) is 0 Å². The molecule has 1 aromatic carbocycles. The molecule has 8 nitrogen and oxygen atoms in total. The molecule has 4 N–H and O–H groups in total. The lowest BCUT2D eigenvalue weighted by Crippen LogP contribution is -2.38. The van der Waals surface area contributed by atoms with Gasteiger partial charge in [-0.15, -0.1) is 0 Å². The number of sulfonamides is 1. The van der Waals surface area contributed by atoms with Crippen molar-refractivity contribution in [3.8, 4) is 0 Å². The van der Waals surface area contributed by atoms with Crippen LogP contribution in [-0.2, 0) is 14.8 Å². The van der Waals surface area contributed by atoms with Gasteiger partial charge in [0.1, 0.15) is 0 Å². The van der Waals surface area contributed by atoms with Gasteiger partial charge in [-0.05, 0) is 31.2 Å². The fraction of sp³-hybridized carbons (Fsp3) is 0.562. The SMILES string of the molecule is CCCNCCNC(=O)c1cc(S(N)(=O)=O)ccc1N1CCOCC1. The minimum Gasteiger partial charge on any atom is -0.378 e. The highest BCUT2D eigenvalue weighted by Crippen LogP contribution is 2.24. The van der Waals surface area contributed by atoms with Crippen LogP contribution in [0.3, 0.4) is 0 Å². The Morgan fingerprint density at radius 3 is 2.60 bits per heavy atom. The maximum atomic E-state index is 12.6. The van der Waals surface area contributed by atoms with Crippen LogP contribution in [0.1, 0.15) is 23.7 Å². The van der Waals surface area contributed by atoms with Gasteiger partial charge in [0.25, 0.3) is 5.91 Å². The summed E-state index contributed by atoms with van der Waals surface area (Å²) in [5.74, 6) is -0.315. The van der Waals surface area contributed by atoms with Gasteiger partial charge in [-0.2, -0.15) is 0 Å². The highest BCUT2D eigenvalue weighted by molar-refractivity contribution is 7.89. The molecule has 2 rings (SSSR count). The monoisotopic (exact) mass is 370 g/mol. The number of anilines is 1. The van der Waals surface area contributed by atoms with Gasteiger partial charge >= 0.3 is 0 Å². The summed E-state index contributed by atoms with van der Waals surface area (Å²) in [5.41, 5.74) is 0.999. The first kappa shape index (κ1) is 19.6. The van der Waals surface area contributed by atoms with E-state index >= 15 is 0 Å². The third-order valence-electron chi connectivity index (χ3n) is 3.91. The van der Waals surface area contributed by atoms with Gasteiger partial charge in [0.15, 0.2) is 0 Å². The van der Waals surface area contributed by atoms with Gasteiger partial charge < -0.3 is 20.3 Å². The van der Waals surface area contributed by atoms with E-state index in [4.69, 9.17) is 9.88 Å². The smallest absolute Gasteiger partial charge is 0.253 e. The van der Waals surface area contributed by atoms with Crippen molar-refractivity contribution in [2.24, 2.45) is 5.14 Å². The van der Waals surface area contributed by atoms with Gasteiger partial charge in [0, 0.05) is 31.9 Å². The zero-order valence-corrected chi connectivity index (χ0v) is 15.3. The molecule has 1 aliphatic heterocycles. The van der Waals surface area contributed by atoms with Crippen molar-refractivity contribution in [2.75, 3.05) is 50.8 Å². The van der Waals surface area contributed by atoms with Gasteiger partial charge in [-0.25, -0.2) is 13.6 Å². The first-order chi connectivity index (χ1) is 11.9. The maximum Gasteiger partial charge on any atom is 0.253 e. The topological polar surface area (TPSA) is 114 Å². The Balaban J connectivity index is 2.19. The molecule has 0 spiro atoms. The quantitative estimate of drug-likeness (QED) is 0.551. The number of hydrogen-bond acceptors (Lipinski definition) is 6. The van der Waals surface area contributed by atoms with Crippen LogP contribution in [0.15, 0.2) is 23.1 Å². The molecule has 1 heterocycles. The van der Waals surface area contributed by atoms with Crippen molar-refractivity contribution < 1.29 is 17.9 Å². The summed E-state index contributed by atoms with van der Waals surface area (Å²) in [7, 11) is -3.87. The van der Waals surface area contributed by atoms with E-state index in [-0.39, 0.29) is 10.8 Å². The molecule has 0 radical (unpaired) electrons. The van der Waals surface area contributed by atoms with E-state index in [0.717, 1.165) is 13.0 Å². The molecule has 25 heavy (non-hydrogen) atoms. The fourth-order valence-electron chi connectivity index (χ4n) is 2.62. The summed E-state index contributed by atoms with van der Waals surface area (Å²) in [6.45, 7) is 6.50. The Hall–Kier alpha value is -1.68. The van der Waals surface area contributed by atoms with E-state index in [1.165, 1.54) is 12.1 Å². The second-order valence-electron chi connectivity index (χ2n) is 5.83. The molecule has 140 valence electrons. The van der Waals surface area contributed by atoms with Crippen LogP contribution in [-0.4, -0.2) is 60.3 Å². The number of morpholine rings is 1. The van der Waals surface area contributed by atoms with Crippen molar-refractivity contribution in [1.82, 2.24) is 10.6 Å². The average Bonchev–Trinajstić information content (AvgIpc) is 2.61.